The summed E-state index contributed by atoms with van der Waals surface area (Å²) in [5, 5.41) is 3.09. The highest BCUT2D eigenvalue weighted by molar-refractivity contribution is 5.73. The van der Waals surface area contributed by atoms with Crippen LogP contribution in [0.5, 0.6) is 0 Å². The van der Waals surface area contributed by atoms with Gasteiger partial charge in [-0.3, -0.25) is 4.90 Å². The van der Waals surface area contributed by atoms with Crippen molar-refractivity contribution in [2.45, 2.75) is 38.8 Å². The molecule has 1 aliphatic rings. The molecule has 2 heterocycles. The number of likely N-dealkylation sites (tertiary alicyclic amines) is 1. The molecular formula is C21H29N3O2. The van der Waals surface area contributed by atoms with Gasteiger partial charge in [-0.05, 0) is 56.1 Å². The van der Waals surface area contributed by atoms with E-state index >= 15 is 0 Å². The van der Waals surface area contributed by atoms with Gasteiger partial charge >= 0.3 is 6.03 Å². The van der Waals surface area contributed by atoms with E-state index < -0.39 is 0 Å². The molecule has 3 rings (SSSR count). The van der Waals surface area contributed by atoms with Crippen molar-refractivity contribution >= 4 is 6.03 Å². The van der Waals surface area contributed by atoms with Crippen molar-refractivity contribution in [1.29, 1.82) is 0 Å². The van der Waals surface area contributed by atoms with Crippen LogP contribution in [0.4, 0.5) is 4.79 Å². The van der Waals surface area contributed by atoms with Crippen molar-refractivity contribution in [3.63, 3.8) is 0 Å². The first-order valence-corrected chi connectivity index (χ1v) is 9.46. The maximum Gasteiger partial charge on any atom is 0.317 e. The Kier molecular flexibility index (Phi) is 6.34. The van der Waals surface area contributed by atoms with Crippen LogP contribution >= 0.6 is 0 Å². The molecular weight excluding hydrogens is 326 g/mol. The molecule has 0 aliphatic carbocycles. The van der Waals surface area contributed by atoms with Gasteiger partial charge in [0.05, 0.1) is 12.3 Å². The highest BCUT2D eigenvalue weighted by Gasteiger charge is 2.25. The van der Waals surface area contributed by atoms with Crippen LogP contribution in [-0.2, 0) is 6.54 Å². The summed E-state index contributed by atoms with van der Waals surface area (Å²) in [7, 11) is 1.84. The summed E-state index contributed by atoms with van der Waals surface area (Å²) >= 11 is 0. The molecule has 26 heavy (non-hydrogen) atoms. The van der Waals surface area contributed by atoms with Crippen LogP contribution < -0.4 is 5.32 Å². The summed E-state index contributed by atoms with van der Waals surface area (Å²) in [5.74, 6) is 0.925. The van der Waals surface area contributed by atoms with E-state index in [9.17, 15) is 4.79 Å². The Bertz CT molecular complexity index is 693. The third-order valence-electron chi connectivity index (χ3n) is 5.17. The highest BCUT2D eigenvalue weighted by Crippen LogP contribution is 2.24. The average molecular weight is 355 g/mol. The van der Waals surface area contributed by atoms with Crippen molar-refractivity contribution in [1.82, 2.24) is 15.1 Å². The number of benzene rings is 1. The quantitative estimate of drug-likeness (QED) is 0.853. The van der Waals surface area contributed by atoms with E-state index in [2.05, 4.69) is 29.3 Å². The smallest absolute Gasteiger partial charge is 0.317 e. The van der Waals surface area contributed by atoms with E-state index in [0.717, 1.165) is 18.8 Å². The summed E-state index contributed by atoms with van der Waals surface area (Å²) < 4.78 is 5.65. The largest absolute Gasteiger partial charge is 0.468 e. The van der Waals surface area contributed by atoms with E-state index in [4.69, 9.17) is 4.42 Å². The summed E-state index contributed by atoms with van der Waals surface area (Å²) in [5.41, 5.74) is 2.37. The van der Waals surface area contributed by atoms with Gasteiger partial charge in [0, 0.05) is 20.1 Å². The van der Waals surface area contributed by atoms with Gasteiger partial charge in [-0.1, -0.05) is 30.7 Å². The maximum absolute atomic E-state index is 12.6. The van der Waals surface area contributed by atoms with Gasteiger partial charge in [0.2, 0.25) is 0 Å². The number of carbonyl (C=O) groups excluding carboxylic acids is 1. The van der Waals surface area contributed by atoms with E-state index in [1.807, 2.05) is 31.3 Å². The average Bonchev–Trinajstić information content (AvgIpc) is 3.19. The number of nitrogens with zero attached hydrogens (tertiary/aromatic N) is 2. The molecule has 1 aromatic heterocycles. The van der Waals surface area contributed by atoms with E-state index in [0.29, 0.717) is 13.1 Å². The normalized spacial score (nSPS) is 16.2. The third kappa shape index (κ3) is 4.67. The molecule has 5 heteroatoms. The minimum atomic E-state index is -0.0539. The first-order chi connectivity index (χ1) is 12.6. The highest BCUT2D eigenvalue weighted by atomic mass is 16.3. The molecule has 1 aromatic carbocycles. The van der Waals surface area contributed by atoms with Crippen LogP contribution in [0.15, 0.2) is 47.1 Å². The van der Waals surface area contributed by atoms with Crippen LogP contribution in [0.2, 0.25) is 0 Å². The van der Waals surface area contributed by atoms with Crippen LogP contribution in [0.1, 0.15) is 42.2 Å². The van der Waals surface area contributed by atoms with E-state index in [1.54, 1.807) is 11.2 Å². The lowest BCUT2D eigenvalue weighted by Gasteiger charge is -2.33. The summed E-state index contributed by atoms with van der Waals surface area (Å²) in [6, 6.07) is 12.1. The summed E-state index contributed by atoms with van der Waals surface area (Å²) in [6.07, 6.45) is 5.40. The molecule has 2 aromatic rings. The van der Waals surface area contributed by atoms with Crippen molar-refractivity contribution in [2.75, 3.05) is 26.7 Å². The summed E-state index contributed by atoms with van der Waals surface area (Å²) in [6.45, 7) is 5.35. The predicted octanol–water partition coefficient (Wildman–Crippen LogP) is 3.96. The first kappa shape index (κ1) is 18.5. The fourth-order valence-corrected chi connectivity index (χ4v) is 3.55. The zero-order valence-corrected chi connectivity index (χ0v) is 15.8. The fraction of sp³-hybridized carbons (Fsp3) is 0.476. The second-order valence-corrected chi connectivity index (χ2v) is 7.10. The third-order valence-corrected chi connectivity index (χ3v) is 5.17. The lowest BCUT2D eigenvalue weighted by Crippen LogP contribution is -2.44. The van der Waals surface area contributed by atoms with Gasteiger partial charge in [-0.2, -0.15) is 0 Å². The number of furan rings is 1. The van der Waals surface area contributed by atoms with Crippen molar-refractivity contribution < 1.29 is 9.21 Å². The Morgan fingerprint density at radius 1 is 1.19 bits per heavy atom. The van der Waals surface area contributed by atoms with Gasteiger partial charge in [0.25, 0.3) is 0 Å². The molecule has 0 radical (unpaired) electrons. The minimum absolute atomic E-state index is 0.0539. The molecule has 5 nitrogen and oxygen atoms in total. The molecule has 1 unspecified atom stereocenters. The van der Waals surface area contributed by atoms with E-state index in [-0.39, 0.29) is 12.1 Å². The Morgan fingerprint density at radius 3 is 2.65 bits per heavy atom. The monoisotopic (exact) mass is 355 g/mol. The van der Waals surface area contributed by atoms with Crippen LogP contribution in [0.3, 0.4) is 0 Å². The van der Waals surface area contributed by atoms with Gasteiger partial charge in [0.1, 0.15) is 5.76 Å². The number of carbonyl (C=O) groups is 1. The second-order valence-electron chi connectivity index (χ2n) is 7.10. The number of nitrogens with one attached hydrogen (secondary N) is 1. The molecule has 1 saturated heterocycles. The molecule has 2 amide bonds. The van der Waals surface area contributed by atoms with Crippen LogP contribution in [-0.4, -0.2) is 42.5 Å². The van der Waals surface area contributed by atoms with Crippen LogP contribution in [0, 0.1) is 6.92 Å². The number of urea groups is 1. The van der Waals surface area contributed by atoms with Crippen molar-refractivity contribution in [3.05, 3.63) is 59.5 Å². The lowest BCUT2D eigenvalue weighted by molar-refractivity contribution is 0.140. The number of hydrogen-bond acceptors (Lipinski definition) is 3. The van der Waals surface area contributed by atoms with E-state index in [1.165, 1.54) is 30.4 Å². The molecule has 140 valence electrons. The van der Waals surface area contributed by atoms with Gasteiger partial charge in [0.15, 0.2) is 0 Å². The Labute approximate surface area is 156 Å². The topological polar surface area (TPSA) is 48.7 Å². The molecule has 1 aliphatic heterocycles. The Morgan fingerprint density at radius 2 is 1.96 bits per heavy atom. The maximum atomic E-state index is 12.6. The Balaban J connectivity index is 1.59. The number of rotatable bonds is 6. The van der Waals surface area contributed by atoms with Crippen molar-refractivity contribution in [3.8, 4) is 0 Å². The predicted molar refractivity (Wildman–Crippen MR) is 103 cm³/mol. The number of hydrogen-bond donors (Lipinski definition) is 1. The molecule has 1 N–H and O–H groups in total. The standard InChI is InChI=1S/C21H29N3O2/c1-17-9-4-5-10-18(17)16-23(2)21(25)22-15-19(20-11-8-14-26-20)24-12-6-3-7-13-24/h4-5,8-11,14,19H,3,6-7,12-13,15-16H2,1-2H3,(H,22,25). The van der Waals surface area contributed by atoms with Crippen LogP contribution in [0.25, 0.3) is 0 Å². The fourth-order valence-electron chi connectivity index (χ4n) is 3.55. The number of piperidine rings is 1. The number of amides is 2. The minimum Gasteiger partial charge on any atom is -0.468 e. The number of aryl methyl sites for hydroxylation is 1. The second kappa shape index (κ2) is 8.90. The summed E-state index contributed by atoms with van der Waals surface area (Å²) in [4.78, 5) is 16.7. The molecule has 1 fully saturated rings. The van der Waals surface area contributed by atoms with Crippen molar-refractivity contribution in [2.24, 2.45) is 0 Å². The zero-order valence-electron chi connectivity index (χ0n) is 15.8. The van der Waals surface area contributed by atoms with Gasteiger partial charge < -0.3 is 14.6 Å². The SMILES string of the molecule is Cc1ccccc1CN(C)C(=O)NCC(c1ccco1)N1CCCCC1. The van der Waals surface area contributed by atoms with Gasteiger partial charge in [-0.25, -0.2) is 4.79 Å². The zero-order chi connectivity index (χ0) is 18.4. The Hall–Kier alpha value is -2.27. The molecule has 0 saturated carbocycles. The molecule has 1 atom stereocenters. The lowest BCUT2D eigenvalue weighted by atomic mass is 10.1. The van der Waals surface area contributed by atoms with Gasteiger partial charge in [-0.15, -0.1) is 0 Å². The molecule has 0 bridgehead atoms. The first-order valence-electron chi connectivity index (χ1n) is 9.46. The molecule has 0 spiro atoms.